The summed E-state index contributed by atoms with van der Waals surface area (Å²) in [6.45, 7) is 0.181. The lowest BCUT2D eigenvalue weighted by molar-refractivity contribution is -0.109. The van der Waals surface area contributed by atoms with Crippen LogP contribution in [-0.4, -0.2) is 18.8 Å². The first-order valence-corrected chi connectivity index (χ1v) is 6.74. The fraction of sp³-hybridized carbons (Fsp3) is 0.0833. The van der Waals surface area contributed by atoms with E-state index in [4.69, 9.17) is 0 Å². The molecule has 5 nitrogen and oxygen atoms in total. The number of benzene rings is 1. The maximum atomic E-state index is 12.3. The monoisotopic (exact) mass is 264 g/mol. The third-order valence-electron chi connectivity index (χ3n) is 2.48. The number of hydrogen-bond donors (Lipinski definition) is 1. The first-order valence-electron chi connectivity index (χ1n) is 5.30. The highest BCUT2D eigenvalue weighted by molar-refractivity contribution is 7.90. The number of hydrogen-bond acceptors (Lipinski definition) is 3. The number of carbonyl (C=O) groups excluding carboxylic acids is 1. The number of nitrogens with one attached hydrogen (secondary N) is 1. The fourth-order valence-corrected chi connectivity index (χ4v) is 3.06. The van der Waals surface area contributed by atoms with E-state index in [1.807, 2.05) is 0 Å². The van der Waals surface area contributed by atoms with E-state index in [2.05, 4.69) is 5.32 Å². The third kappa shape index (κ3) is 2.28. The topological polar surface area (TPSA) is 68.2 Å². The molecule has 1 aromatic carbocycles. The lowest BCUT2D eigenvalue weighted by atomic mass is 10.2. The van der Waals surface area contributed by atoms with Gasteiger partial charge >= 0.3 is 0 Å². The van der Waals surface area contributed by atoms with Crippen molar-refractivity contribution in [3.05, 3.63) is 54.4 Å². The van der Waals surface area contributed by atoms with Crippen LogP contribution in [0.2, 0.25) is 0 Å². The van der Waals surface area contributed by atoms with Crippen LogP contribution >= 0.6 is 0 Å². The van der Waals surface area contributed by atoms with Crippen LogP contribution in [-0.2, 0) is 21.4 Å². The summed E-state index contributed by atoms with van der Waals surface area (Å²) in [4.78, 5) is 10.5. The molecule has 1 N–H and O–H groups in total. The predicted molar refractivity (Wildman–Crippen MR) is 66.4 cm³/mol. The number of amides is 1. The molecule has 0 atom stereocenters. The van der Waals surface area contributed by atoms with Gasteiger partial charge < -0.3 is 5.32 Å². The second-order valence-corrected chi connectivity index (χ2v) is 5.44. The van der Waals surface area contributed by atoms with Crippen molar-refractivity contribution in [3.63, 3.8) is 0 Å². The summed E-state index contributed by atoms with van der Waals surface area (Å²) in [6.07, 6.45) is 3.48. The fourth-order valence-electron chi connectivity index (χ4n) is 1.65. The predicted octanol–water partition coefficient (Wildman–Crippen LogP) is 0.971. The van der Waals surface area contributed by atoms with Gasteiger partial charge in [-0.2, -0.15) is 0 Å². The van der Waals surface area contributed by atoms with Crippen molar-refractivity contribution < 1.29 is 13.2 Å². The van der Waals surface area contributed by atoms with Crippen LogP contribution in [0.15, 0.2) is 53.7 Å². The van der Waals surface area contributed by atoms with Crippen LogP contribution in [0, 0.1) is 0 Å². The molecule has 94 valence electrons. The molecule has 0 radical (unpaired) electrons. The molecular weight excluding hydrogens is 252 g/mol. The Bertz CT molecular complexity index is 633. The third-order valence-corrected chi connectivity index (χ3v) is 4.23. The van der Waals surface area contributed by atoms with Gasteiger partial charge in [-0.1, -0.05) is 18.2 Å². The van der Waals surface area contributed by atoms with Crippen molar-refractivity contribution in [2.75, 3.05) is 0 Å². The van der Waals surface area contributed by atoms with Crippen molar-refractivity contribution in [2.45, 2.75) is 11.4 Å². The Morgan fingerprint density at radius 2 is 1.78 bits per heavy atom. The van der Waals surface area contributed by atoms with Gasteiger partial charge in [-0.25, -0.2) is 12.4 Å². The smallest absolute Gasteiger partial charge is 0.267 e. The largest absolute Gasteiger partial charge is 0.355 e. The van der Waals surface area contributed by atoms with Gasteiger partial charge in [-0.3, -0.25) is 4.79 Å². The molecule has 0 fully saturated rings. The summed E-state index contributed by atoms with van der Waals surface area (Å²) in [7, 11) is -3.60. The average molecular weight is 264 g/mol. The van der Waals surface area contributed by atoms with E-state index in [-0.39, 0.29) is 11.4 Å². The Balaban J connectivity index is 2.48. The highest BCUT2D eigenvalue weighted by atomic mass is 32.2. The van der Waals surface area contributed by atoms with E-state index in [1.165, 1.54) is 18.5 Å². The van der Waals surface area contributed by atoms with Crippen molar-refractivity contribution in [3.8, 4) is 0 Å². The van der Waals surface area contributed by atoms with Gasteiger partial charge in [0.1, 0.15) is 0 Å². The van der Waals surface area contributed by atoms with Gasteiger partial charge in [-0.15, -0.1) is 0 Å². The number of nitrogens with zero attached hydrogens (tertiary/aromatic N) is 1. The lowest BCUT2D eigenvalue weighted by Crippen LogP contribution is -2.17. The van der Waals surface area contributed by atoms with Crippen molar-refractivity contribution in [1.29, 1.82) is 0 Å². The molecule has 1 amide bonds. The second-order valence-electron chi connectivity index (χ2n) is 3.62. The van der Waals surface area contributed by atoms with Gasteiger partial charge in [0.15, 0.2) is 0 Å². The zero-order valence-corrected chi connectivity index (χ0v) is 10.3. The lowest BCUT2D eigenvalue weighted by Gasteiger charge is -2.10. The van der Waals surface area contributed by atoms with E-state index in [0.29, 0.717) is 12.0 Å². The maximum absolute atomic E-state index is 12.3. The Hall–Kier alpha value is -2.08. The minimum absolute atomic E-state index is 0.181. The molecule has 0 spiro atoms. The zero-order valence-electron chi connectivity index (χ0n) is 9.48. The summed E-state index contributed by atoms with van der Waals surface area (Å²) >= 11 is 0. The van der Waals surface area contributed by atoms with Gasteiger partial charge in [0.2, 0.25) is 6.41 Å². The summed E-state index contributed by atoms with van der Waals surface area (Å²) in [5.74, 6) is 0. The van der Waals surface area contributed by atoms with Gasteiger partial charge in [0.05, 0.1) is 4.90 Å². The maximum Gasteiger partial charge on any atom is 0.267 e. The molecule has 0 unspecified atom stereocenters. The minimum Gasteiger partial charge on any atom is -0.355 e. The molecule has 0 aliphatic carbocycles. The molecule has 2 rings (SSSR count). The van der Waals surface area contributed by atoms with Gasteiger partial charge in [0, 0.05) is 18.9 Å². The number of carbonyl (C=O) groups is 1. The molecule has 0 saturated heterocycles. The molecule has 0 bridgehead atoms. The molecule has 1 aromatic heterocycles. The van der Waals surface area contributed by atoms with E-state index in [0.717, 1.165) is 3.97 Å². The van der Waals surface area contributed by atoms with Crippen molar-refractivity contribution in [2.24, 2.45) is 0 Å². The van der Waals surface area contributed by atoms with Gasteiger partial charge in [-0.05, 0) is 23.8 Å². The normalized spacial score (nSPS) is 11.1. The Morgan fingerprint density at radius 3 is 2.44 bits per heavy atom. The Morgan fingerprint density at radius 1 is 1.11 bits per heavy atom. The Labute approximate surface area is 105 Å². The first-order chi connectivity index (χ1) is 8.66. The SMILES string of the molecule is O=CNCc1ccccc1S(=O)(=O)n1cccc1. The van der Waals surface area contributed by atoms with Gasteiger partial charge in [0.25, 0.3) is 10.0 Å². The molecule has 6 heteroatoms. The van der Waals surface area contributed by atoms with E-state index >= 15 is 0 Å². The van der Waals surface area contributed by atoms with E-state index in [9.17, 15) is 13.2 Å². The standard InChI is InChI=1S/C12H12N2O3S/c15-10-13-9-11-5-1-2-6-12(11)18(16,17)14-7-3-4-8-14/h1-8,10H,9H2,(H,13,15). The number of aromatic nitrogens is 1. The van der Waals surface area contributed by atoms with Crippen molar-refractivity contribution in [1.82, 2.24) is 9.29 Å². The molecular formula is C12H12N2O3S. The van der Waals surface area contributed by atoms with Crippen LogP contribution in [0.25, 0.3) is 0 Å². The second kappa shape index (κ2) is 5.05. The Kier molecular flexibility index (Phi) is 3.47. The molecule has 0 saturated carbocycles. The van der Waals surface area contributed by atoms with Crippen LogP contribution in [0.5, 0.6) is 0 Å². The summed E-state index contributed by atoms with van der Waals surface area (Å²) in [6, 6.07) is 9.87. The van der Waals surface area contributed by atoms with Crippen LogP contribution < -0.4 is 5.32 Å². The minimum atomic E-state index is -3.60. The van der Waals surface area contributed by atoms with E-state index < -0.39 is 10.0 Å². The molecule has 2 aromatic rings. The van der Waals surface area contributed by atoms with Crippen LogP contribution in [0.3, 0.4) is 0 Å². The summed E-state index contributed by atoms with van der Waals surface area (Å²) in [5.41, 5.74) is 0.554. The highest BCUT2D eigenvalue weighted by Gasteiger charge is 2.18. The number of rotatable bonds is 5. The first kappa shape index (κ1) is 12.4. The van der Waals surface area contributed by atoms with Crippen LogP contribution in [0.1, 0.15) is 5.56 Å². The highest BCUT2D eigenvalue weighted by Crippen LogP contribution is 2.18. The molecule has 18 heavy (non-hydrogen) atoms. The summed E-state index contributed by atoms with van der Waals surface area (Å²) < 4.78 is 25.8. The van der Waals surface area contributed by atoms with E-state index in [1.54, 1.807) is 30.3 Å². The average Bonchev–Trinajstić information content (AvgIpc) is 2.91. The van der Waals surface area contributed by atoms with Crippen molar-refractivity contribution >= 4 is 16.4 Å². The van der Waals surface area contributed by atoms with Crippen LogP contribution in [0.4, 0.5) is 0 Å². The summed E-state index contributed by atoms with van der Waals surface area (Å²) in [5, 5.41) is 2.47. The molecule has 0 aliphatic heterocycles. The zero-order chi connectivity index (χ0) is 13.0. The molecule has 0 aliphatic rings. The quantitative estimate of drug-likeness (QED) is 0.818. The molecule has 1 heterocycles.